The third-order valence-electron chi connectivity index (χ3n) is 2.17. The van der Waals surface area contributed by atoms with Crippen LogP contribution in [0.15, 0.2) is 58.1 Å². The van der Waals surface area contributed by atoms with Gasteiger partial charge in [0, 0.05) is 6.08 Å². The van der Waals surface area contributed by atoms with Crippen molar-refractivity contribution in [3.05, 3.63) is 60.1 Å². The van der Waals surface area contributed by atoms with E-state index in [4.69, 9.17) is 9.52 Å². The molecule has 0 amide bonds. The Kier molecular flexibility index (Phi) is 3.71. The number of carboxylic acids is 1. The summed E-state index contributed by atoms with van der Waals surface area (Å²) in [5.41, 5.74) is 1.52. The molecule has 1 aromatic carbocycles. The highest BCUT2D eigenvalue weighted by atomic mass is 16.4. The maximum atomic E-state index is 10.4. The van der Waals surface area contributed by atoms with Crippen molar-refractivity contribution in [3.63, 3.8) is 0 Å². The standard InChI is InChI=1S/C14H11NO3/c16-14(17)7-6-11-3-1-4-12(9-11)15-10-13-5-2-8-18-13/h1-10H,(H,16,17). The summed E-state index contributed by atoms with van der Waals surface area (Å²) in [6, 6.07) is 10.8. The molecule has 0 aliphatic heterocycles. The zero-order valence-corrected chi connectivity index (χ0v) is 9.48. The Morgan fingerprint density at radius 1 is 1.28 bits per heavy atom. The quantitative estimate of drug-likeness (QED) is 0.660. The molecule has 0 saturated carbocycles. The van der Waals surface area contributed by atoms with Crippen LogP contribution in [0.4, 0.5) is 5.69 Å². The molecule has 1 heterocycles. The number of carbonyl (C=O) groups is 1. The van der Waals surface area contributed by atoms with Crippen molar-refractivity contribution in [3.8, 4) is 0 Å². The first-order valence-corrected chi connectivity index (χ1v) is 5.33. The summed E-state index contributed by atoms with van der Waals surface area (Å²) in [6.45, 7) is 0. The normalized spacial score (nSPS) is 11.3. The van der Waals surface area contributed by atoms with Crippen LogP contribution < -0.4 is 0 Å². The number of hydrogen-bond donors (Lipinski definition) is 1. The molecule has 2 rings (SSSR count). The van der Waals surface area contributed by atoms with Crippen LogP contribution in [-0.2, 0) is 4.79 Å². The number of hydrogen-bond acceptors (Lipinski definition) is 3. The van der Waals surface area contributed by atoms with Crippen LogP contribution in [0.3, 0.4) is 0 Å². The molecule has 0 radical (unpaired) electrons. The predicted octanol–water partition coefficient (Wildman–Crippen LogP) is 3.13. The molecular formula is C14H11NO3. The second-order valence-corrected chi connectivity index (χ2v) is 3.54. The van der Waals surface area contributed by atoms with Gasteiger partial charge in [-0.2, -0.15) is 0 Å². The van der Waals surface area contributed by atoms with Crippen LogP contribution in [-0.4, -0.2) is 17.3 Å². The van der Waals surface area contributed by atoms with E-state index in [-0.39, 0.29) is 0 Å². The van der Waals surface area contributed by atoms with Crippen molar-refractivity contribution in [1.29, 1.82) is 0 Å². The minimum atomic E-state index is -0.973. The fourth-order valence-corrected chi connectivity index (χ4v) is 1.38. The summed E-state index contributed by atoms with van der Waals surface area (Å²) in [5, 5.41) is 8.54. The van der Waals surface area contributed by atoms with Crippen LogP contribution in [0.5, 0.6) is 0 Å². The number of carboxylic acid groups (broad SMARTS) is 1. The molecule has 0 fully saturated rings. The largest absolute Gasteiger partial charge is 0.478 e. The lowest BCUT2D eigenvalue weighted by atomic mass is 10.2. The van der Waals surface area contributed by atoms with Crippen LogP contribution in [0.2, 0.25) is 0 Å². The van der Waals surface area contributed by atoms with Crippen molar-refractivity contribution >= 4 is 23.9 Å². The zero-order valence-electron chi connectivity index (χ0n) is 9.48. The molecule has 4 nitrogen and oxygen atoms in total. The van der Waals surface area contributed by atoms with E-state index in [1.165, 1.54) is 6.08 Å². The number of rotatable bonds is 4. The average molecular weight is 241 g/mol. The van der Waals surface area contributed by atoms with Gasteiger partial charge in [0.2, 0.25) is 0 Å². The molecule has 2 aromatic rings. The number of furan rings is 1. The monoisotopic (exact) mass is 241 g/mol. The Morgan fingerprint density at radius 3 is 2.89 bits per heavy atom. The summed E-state index contributed by atoms with van der Waals surface area (Å²) in [4.78, 5) is 14.6. The average Bonchev–Trinajstić information content (AvgIpc) is 2.87. The Bertz CT molecular complexity index is 583. The van der Waals surface area contributed by atoms with E-state index in [0.717, 1.165) is 17.3 Å². The van der Waals surface area contributed by atoms with Gasteiger partial charge in [0.05, 0.1) is 18.2 Å². The third-order valence-corrected chi connectivity index (χ3v) is 2.17. The second-order valence-electron chi connectivity index (χ2n) is 3.54. The van der Waals surface area contributed by atoms with E-state index >= 15 is 0 Å². The second kappa shape index (κ2) is 5.63. The van der Waals surface area contributed by atoms with Gasteiger partial charge in [0.1, 0.15) is 5.76 Å². The van der Waals surface area contributed by atoms with Crippen LogP contribution in [0, 0.1) is 0 Å². The number of nitrogens with zero attached hydrogens (tertiary/aromatic N) is 1. The molecule has 0 saturated heterocycles. The Balaban J connectivity index is 2.15. The molecule has 0 bridgehead atoms. The highest BCUT2D eigenvalue weighted by molar-refractivity contribution is 5.85. The molecule has 90 valence electrons. The molecule has 1 N–H and O–H groups in total. The lowest BCUT2D eigenvalue weighted by Crippen LogP contribution is -1.85. The SMILES string of the molecule is O=C(O)C=Cc1cccc(N=Cc2ccco2)c1. The molecule has 0 unspecified atom stereocenters. The minimum Gasteiger partial charge on any atom is -0.478 e. The topological polar surface area (TPSA) is 62.8 Å². The first-order valence-electron chi connectivity index (χ1n) is 5.33. The maximum absolute atomic E-state index is 10.4. The molecule has 18 heavy (non-hydrogen) atoms. The third kappa shape index (κ3) is 3.45. The fraction of sp³-hybridized carbons (Fsp3) is 0. The van der Waals surface area contributed by atoms with Gasteiger partial charge in [-0.1, -0.05) is 12.1 Å². The lowest BCUT2D eigenvalue weighted by Gasteiger charge is -1.95. The van der Waals surface area contributed by atoms with Crippen molar-refractivity contribution < 1.29 is 14.3 Å². The first kappa shape index (κ1) is 11.9. The van der Waals surface area contributed by atoms with Crippen molar-refractivity contribution in [1.82, 2.24) is 0 Å². The van der Waals surface area contributed by atoms with E-state index in [2.05, 4.69) is 4.99 Å². The number of aliphatic carboxylic acids is 1. The summed E-state index contributed by atoms with van der Waals surface area (Å²) in [6.07, 6.45) is 5.80. The molecule has 0 aliphatic carbocycles. The highest BCUT2D eigenvalue weighted by Crippen LogP contribution is 2.15. The zero-order chi connectivity index (χ0) is 12.8. The maximum Gasteiger partial charge on any atom is 0.328 e. The van der Waals surface area contributed by atoms with E-state index in [9.17, 15) is 4.79 Å². The van der Waals surface area contributed by atoms with Gasteiger partial charge >= 0.3 is 5.97 Å². The Labute approximate surface area is 104 Å². The van der Waals surface area contributed by atoms with Gasteiger partial charge in [-0.15, -0.1) is 0 Å². The van der Waals surface area contributed by atoms with Gasteiger partial charge < -0.3 is 9.52 Å². The van der Waals surface area contributed by atoms with Gasteiger partial charge in [-0.3, -0.25) is 4.99 Å². The van der Waals surface area contributed by atoms with Gasteiger partial charge in [-0.05, 0) is 35.9 Å². The molecular weight excluding hydrogens is 230 g/mol. The van der Waals surface area contributed by atoms with E-state index in [1.54, 1.807) is 30.7 Å². The summed E-state index contributed by atoms with van der Waals surface area (Å²) < 4.78 is 5.12. The first-order chi connectivity index (χ1) is 8.74. The predicted molar refractivity (Wildman–Crippen MR) is 69.1 cm³/mol. The number of aliphatic imine (C=N–C) groups is 1. The van der Waals surface area contributed by atoms with Crippen molar-refractivity contribution in [2.45, 2.75) is 0 Å². The number of benzene rings is 1. The van der Waals surface area contributed by atoms with Crippen molar-refractivity contribution in [2.24, 2.45) is 4.99 Å². The van der Waals surface area contributed by atoms with Gasteiger partial charge in [0.15, 0.2) is 0 Å². The Morgan fingerprint density at radius 2 is 2.17 bits per heavy atom. The molecule has 0 aliphatic rings. The van der Waals surface area contributed by atoms with Gasteiger partial charge in [0.25, 0.3) is 0 Å². The molecule has 0 atom stereocenters. The Hall–Kier alpha value is -2.62. The molecule has 4 heteroatoms. The summed E-state index contributed by atoms with van der Waals surface area (Å²) >= 11 is 0. The fourth-order valence-electron chi connectivity index (χ4n) is 1.38. The molecule has 1 aromatic heterocycles. The smallest absolute Gasteiger partial charge is 0.328 e. The molecule has 0 spiro atoms. The van der Waals surface area contributed by atoms with E-state index in [0.29, 0.717) is 5.76 Å². The lowest BCUT2D eigenvalue weighted by molar-refractivity contribution is -0.131. The minimum absolute atomic E-state index is 0.668. The van der Waals surface area contributed by atoms with E-state index in [1.807, 2.05) is 18.2 Å². The van der Waals surface area contributed by atoms with Gasteiger partial charge in [-0.25, -0.2) is 4.79 Å². The van der Waals surface area contributed by atoms with E-state index < -0.39 is 5.97 Å². The van der Waals surface area contributed by atoms with Crippen molar-refractivity contribution in [2.75, 3.05) is 0 Å². The highest BCUT2D eigenvalue weighted by Gasteiger charge is 1.93. The van der Waals surface area contributed by atoms with Crippen LogP contribution >= 0.6 is 0 Å². The van der Waals surface area contributed by atoms with Crippen LogP contribution in [0.1, 0.15) is 11.3 Å². The van der Waals surface area contributed by atoms with Crippen LogP contribution in [0.25, 0.3) is 6.08 Å². The summed E-state index contributed by atoms with van der Waals surface area (Å²) in [7, 11) is 0. The summed E-state index contributed by atoms with van der Waals surface area (Å²) in [5.74, 6) is -0.305.